The lowest BCUT2D eigenvalue weighted by Gasteiger charge is -2.23. The van der Waals surface area contributed by atoms with E-state index in [9.17, 15) is 18.3 Å². The number of aliphatic hydroxyl groups excluding tert-OH is 1. The Morgan fingerprint density at radius 3 is 2.05 bits per heavy atom. The summed E-state index contributed by atoms with van der Waals surface area (Å²) in [6, 6.07) is 8.23. The van der Waals surface area contributed by atoms with Crippen LogP contribution in [0.3, 0.4) is 0 Å². The van der Waals surface area contributed by atoms with Gasteiger partial charge in [-0.2, -0.15) is 0 Å². The molecule has 0 bridgehead atoms. The molecule has 2 atom stereocenters. The van der Waals surface area contributed by atoms with Crippen molar-refractivity contribution >= 4 is 0 Å². The quantitative estimate of drug-likeness (QED) is 0.910. The highest BCUT2D eigenvalue weighted by Gasteiger charge is 2.27. The largest absolute Gasteiger partial charge is 0.388 e. The van der Waals surface area contributed by atoms with E-state index in [4.69, 9.17) is 5.73 Å². The summed E-state index contributed by atoms with van der Waals surface area (Å²) in [6.07, 6.45) is -1.49. The predicted molar refractivity (Wildman–Crippen MR) is 74.3 cm³/mol. The molecule has 0 fully saturated rings. The van der Waals surface area contributed by atoms with Crippen LogP contribution in [-0.4, -0.2) is 11.7 Å². The first-order valence-electron chi connectivity index (χ1n) is 6.53. The van der Waals surface area contributed by atoms with Gasteiger partial charge in [0, 0.05) is 24.6 Å². The molecule has 2 rings (SSSR count). The van der Waals surface area contributed by atoms with Crippen molar-refractivity contribution in [3.8, 4) is 0 Å². The van der Waals surface area contributed by atoms with E-state index >= 15 is 0 Å². The number of hydrogen-bond donors (Lipinski definition) is 2. The number of aryl methyl sites for hydroxylation is 1. The van der Waals surface area contributed by atoms with Gasteiger partial charge in [0.05, 0.1) is 11.7 Å². The fourth-order valence-electron chi connectivity index (χ4n) is 2.30. The van der Waals surface area contributed by atoms with Gasteiger partial charge in [-0.3, -0.25) is 0 Å². The van der Waals surface area contributed by atoms with Gasteiger partial charge in [0.25, 0.3) is 0 Å². The molecular weight excluding hydrogens is 279 g/mol. The summed E-state index contributed by atoms with van der Waals surface area (Å²) >= 11 is 0. The Hall–Kier alpha value is -1.85. The van der Waals surface area contributed by atoms with Gasteiger partial charge in [0.1, 0.15) is 17.5 Å². The topological polar surface area (TPSA) is 46.2 Å². The molecule has 2 nitrogen and oxygen atoms in total. The molecule has 2 aromatic carbocycles. The minimum absolute atomic E-state index is 0.000480. The molecule has 0 aromatic heterocycles. The molecule has 0 amide bonds. The Bertz CT molecular complexity index is 605. The summed E-state index contributed by atoms with van der Waals surface area (Å²) in [6.45, 7) is 1.90. The number of benzene rings is 2. The second-order valence-corrected chi connectivity index (χ2v) is 4.98. The van der Waals surface area contributed by atoms with Crippen molar-refractivity contribution in [1.29, 1.82) is 0 Å². The van der Waals surface area contributed by atoms with Crippen LogP contribution in [0.4, 0.5) is 13.2 Å². The van der Waals surface area contributed by atoms with Crippen molar-refractivity contribution in [3.05, 3.63) is 70.5 Å². The van der Waals surface area contributed by atoms with Crippen LogP contribution in [0, 0.1) is 24.4 Å². The summed E-state index contributed by atoms with van der Waals surface area (Å²) in [5.74, 6) is -3.95. The zero-order valence-electron chi connectivity index (χ0n) is 11.5. The minimum Gasteiger partial charge on any atom is -0.388 e. The molecule has 3 N–H and O–H groups in total. The average Bonchev–Trinajstić information content (AvgIpc) is 2.40. The third-order valence-corrected chi connectivity index (χ3v) is 3.48. The molecule has 0 radical (unpaired) electrons. The first-order chi connectivity index (χ1) is 9.93. The monoisotopic (exact) mass is 295 g/mol. The zero-order chi connectivity index (χ0) is 15.6. The van der Waals surface area contributed by atoms with Gasteiger partial charge in [0.15, 0.2) is 0 Å². The lowest BCUT2D eigenvalue weighted by atomic mass is 9.88. The SMILES string of the molecule is Cc1ccc(C(CN)C(O)c2c(F)cc(F)cc2F)cc1. The van der Waals surface area contributed by atoms with Crippen LogP contribution in [0.25, 0.3) is 0 Å². The smallest absolute Gasteiger partial charge is 0.134 e. The first kappa shape index (κ1) is 15.5. The number of hydrogen-bond acceptors (Lipinski definition) is 2. The minimum atomic E-state index is -1.49. The van der Waals surface area contributed by atoms with Gasteiger partial charge in [-0.15, -0.1) is 0 Å². The molecule has 0 spiro atoms. The number of nitrogens with two attached hydrogens (primary N) is 1. The summed E-state index contributed by atoms with van der Waals surface area (Å²) in [4.78, 5) is 0. The van der Waals surface area contributed by atoms with E-state index in [0.717, 1.165) is 5.56 Å². The van der Waals surface area contributed by atoms with Crippen LogP contribution in [0.1, 0.15) is 28.7 Å². The van der Waals surface area contributed by atoms with E-state index < -0.39 is 35.0 Å². The average molecular weight is 295 g/mol. The molecule has 2 unspecified atom stereocenters. The highest BCUT2D eigenvalue weighted by Crippen LogP contribution is 2.33. The summed E-state index contributed by atoms with van der Waals surface area (Å²) in [7, 11) is 0. The Labute approximate surface area is 121 Å². The van der Waals surface area contributed by atoms with Crippen molar-refractivity contribution in [2.45, 2.75) is 18.9 Å². The maximum Gasteiger partial charge on any atom is 0.134 e. The van der Waals surface area contributed by atoms with Crippen molar-refractivity contribution in [2.24, 2.45) is 5.73 Å². The van der Waals surface area contributed by atoms with Gasteiger partial charge in [0.2, 0.25) is 0 Å². The molecule has 2 aromatic rings. The Morgan fingerprint density at radius 2 is 1.57 bits per heavy atom. The van der Waals surface area contributed by atoms with Crippen LogP contribution >= 0.6 is 0 Å². The maximum atomic E-state index is 13.8. The molecule has 0 heterocycles. The highest BCUT2D eigenvalue weighted by molar-refractivity contribution is 5.31. The van der Waals surface area contributed by atoms with E-state index in [0.29, 0.717) is 17.7 Å². The number of halogens is 3. The molecule has 0 saturated heterocycles. The maximum absolute atomic E-state index is 13.8. The first-order valence-corrected chi connectivity index (χ1v) is 6.53. The molecule has 0 aliphatic carbocycles. The van der Waals surface area contributed by atoms with Crippen molar-refractivity contribution in [1.82, 2.24) is 0 Å². The predicted octanol–water partition coefficient (Wildman–Crippen LogP) is 3.19. The van der Waals surface area contributed by atoms with Crippen molar-refractivity contribution < 1.29 is 18.3 Å². The van der Waals surface area contributed by atoms with Crippen molar-refractivity contribution in [3.63, 3.8) is 0 Å². The molecule has 0 saturated carbocycles. The van der Waals surface area contributed by atoms with Crippen LogP contribution < -0.4 is 5.73 Å². The van der Waals surface area contributed by atoms with Gasteiger partial charge < -0.3 is 10.8 Å². The Balaban J connectivity index is 2.41. The molecular formula is C16H16F3NO. The standard InChI is InChI=1S/C16H16F3NO/c1-9-2-4-10(5-3-9)12(8-20)16(21)15-13(18)6-11(17)7-14(15)19/h2-7,12,16,21H,8,20H2,1H3. The third kappa shape index (κ3) is 3.25. The molecule has 112 valence electrons. The van der Waals surface area contributed by atoms with Gasteiger partial charge >= 0.3 is 0 Å². The molecule has 0 aliphatic rings. The van der Waals surface area contributed by atoms with Gasteiger partial charge in [-0.1, -0.05) is 29.8 Å². The zero-order valence-corrected chi connectivity index (χ0v) is 11.5. The van der Waals surface area contributed by atoms with E-state index in [1.807, 2.05) is 19.1 Å². The third-order valence-electron chi connectivity index (χ3n) is 3.48. The number of aliphatic hydroxyl groups is 1. The summed E-state index contributed by atoms with van der Waals surface area (Å²) < 4.78 is 40.5. The Kier molecular flexibility index (Phi) is 4.65. The molecule has 0 aliphatic heterocycles. The summed E-state index contributed by atoms with van der Waals surface area (Å²) in [5.41, 5.74) is 6.75. The lowest BCUT2D eigenvalue weighted by molar-refractivity contribution is 0.138. The fraction of sp³-hybridized carbons (Fsp3) is 0.250. The second kappa shape index (κ2) is 6.28. The van der Waals surface area contributed by atoms with Crippen LogP contribution in [-0.2, 0) is 0 Å². The van der Waals surface area contributed by atoms with E-state index in [1.54, 1.807) is 12.1 Å². The fourth-order valence-corrected chi connectivity index (χ4v) is 2.30. The van der Waals surface area contributed by atoms with Gasteiger partial charge in [-0.25, -0.2) is 13.2 Å². The lowest BCUT2D eigenvalue weighted by Crippen LogP contribution is -2.22. The van der Waals surface area contributed by atoms with Crippen LogP contribution in [0.5, 0.6) is 0 Å². The molecule has 21 heavy (non-hydrogen) atoms. The normalized spacial score (nSPS) is 14.0. The number of rotatable bonds is 4. The van der Waals surface area contributed by atoms with Crippen molar-refractivity contribution in [2.75, 3.05) is 6.54 Å². The highest BCUT2D eigenvalue weighted by atomic mass is 19.1. The second-order valence-electron chi connectivity index (χ2n) is 4.98. The van der Waals surface area contributed by atoms with Crippen LogP contribution in [0.15, 0.2) is 36.4 Å². The van der Waals surface area contributed by atoms with E-state index in [2.05, 4.69) is 0 Å². The van der Waals surface area contributed by atoms with E-state index in [-0.39, 0.29) is 6.54 Å². The molecule has 5 heteroatoms. The van der Waals surface area contributed by atoms with Crippen LogP contribution in [0.2, 0.25) is 0 Å². The Morgan fingerprint density at radius 1 is 1.05 bits per heavy atom. The van der Waals surface area contributed by atoms with Gasteiger partial charge in [-0.05, 0) is 12.5 Å². The van der Waals surface area contributed by atoms with E-state index in [1.165, 1.54) is 0 Å². The summed E-state index contributed by atoms with van der Waals surface area (Å²) in [5, 5.41) is 10.3.